The maximum atomic E-state index is 12.3. The number of benzene rings is 2. The van der Waals surface area contributed by atoms with Gasteiger partial charge in [-0.2, -0.15) is 0 Å². The molecular weight excluding hydrogens is 334 g/mol. The fourth-order valence-electron chi connectivity index (χ4n) is 2.70. The van der Waals surface area contributed by atoms with Gasteiger partial charge in [0.05, 0.1) is 26.8 Å². The number of aromatic nitrogens is 1. The van der Waals surface area contributed by atoms with E-state index in [0.717, 1.165) is 5.56 Å². The zero-order chi connectivity index (χ0) is 18.6. The highest BCUT2D eigenvalue weighted by Gasteiger charge is 2.41. The Kier molecular flexibility index (Phi) is 5.04. The van der Waals surface area contributed by atoms with Crippen LogP contribution in [0.15, 0.2) is 65.2 Å². The fraction of sp³-hybridized carbons (Fsp3) is 0.200. The first kappa shape index (κ1) is 17.7. The average Bonchev–Trinajstić information content (AvgIpc) is 3.16. The summed E-state index contributed by atoms with van der Waals surface area (Å²) >= 11 is 0. The van der Waals surface area contributed by atoms with Crippen LogP contribution < -0.4 is 4.74 Å². The van der Waals surface area contributed by atoms with Crippen LogP contribution in [-0.2, 0) is 21.6 Å². The molecular formula is C20H19NO5. The Morgan fingerprint density at radius 2 is 1.92 bits per heavy atom. The number of ether oxygens (including phenoxy) is 2. The van der Waals surface area contributed by atoms with E-state index >= 15 is 0 Å². The lowest BCUT2D eigenvalue weighted by Gasteiger charge is -2.25. The molecule has 0 bridgehead atoms. The zero-order valence-electron chi connectivity index (χ0n) is 14.5. The number of oxazole rings is 1. The maximum Gasteiger partial charge on any atom is 0.343 e. The lowest BCUT2D eigenvalue weighted by Crippen LogP contribution is -2.39. The van der Waals surface area contributed by atoms with Gasteiger partial charge in [0.15, 0.2) is 5.60 Å². The van der Waals surface area contributed by atoms with Crippen molar-refractivity contribution < 1.29 is 23.8 Å². The monoisotopic (exact) mass is 353 g/mol. The van der Waals surface area contributed by atoms with Crippen LogP contribution in [0, 0.1) is 0 Å². The van der Waals surface area contributed by atoms with Crippen LogP contribution in [0.25, 0.3) is 11.5 Å². The smallest absolute Gasteiger partial charge is 0.343 e. The molecule has 6 heteroatoms. The summed E-state index contributed by atoms with van der Waals surface area (Å²) in [5.41, 5.74) is -0.764. The molecule has 3 rings (SSSR count). The summed E-state index contributed by atoms with van der Waals surface area (Å²) < 4.78 is 15.7. The molecule has 0 unspecified atom stereocenters. The van der Waals surface area contributed by atoms with E-state index in [2.05, 4.69) is 4.98 Å². The van der Waals surface area contributed by atoms with Crippen LogP contribution in [0.4, 0.5) is 0 Å². The molecule has 0 saturated carbocycles. The van der Waals surface area contributed by atoms with E-state index in [1.54, 1.807) is 24.3 Å². The topological polar surface area (TPSA) is 81.8 Å². The standard InChI is InChI=1S/C20H19NO5/c1-24-16-10-6-9-15(11-16)20(23,19(22)25-2)12-17-13-21-18(26-17)14-7-4-3-5-8-14/h3-11,13,23H,12H2,1-2H3/t20-/m0/s1. The largest absolute Gasteiger partial charge is 0.497 e. The van der Waals surface area contributed by atoms with Gasteiger partial charge >= 0.3 is 5.97 Å². The highest BCUT2D eigenvalue weighted by atomic mass is 16.5. The fourth-order valence-corrected chi connectivity index (χ4v) is 2.70. The number of hydrogen-bond acceptors (Lipinski definition) is 6. The van der Waals surface area contributed by atoms with Gasteiger partial charge in [-0.05, 0) is 29.8 Å². The molecule has 1 heterocycles. The summed E-state index contributed by atoms with van der Waals surface area (Å²) in [6.07, 6.45) is 1.38. The third-order valence-corrected chi connectivity index (χ3v) is 4.07. The van der Waals surface area contributed by atoms with Crippen molar-refractivity contribution >= 4 is 5.97 Å². The maximum absolute atomic E-state index is 12.3. The van der Waals surface area contributed by atoms with Gasteiger partial charge in [-0.3, -0.25) is 0 Å². The predicted octanol–water partition coefficient (Wildman–Crippen LogP) is 2.95. The summed E-state index contributed by atoms with van der Waals surface area (Å²) in [7, 11) is 2.74. The van der Waals surface area contributed by atoms with Crippen LogP contribution in [0.3, 0.4) is 0 Å². The first-order valence-corrected chi connectivity index (χ1v) is 8.02. The van der Waals surface area contributed by atoms with Crippen molar-refractivity contribution in [3.8, 4) is 17.2 Å². The molecule has 26 heavy (non-hydrogen) atoms. The lowest BCUT2D eigenvalue weighted by molar-refractivity contribution is -0.164. The average molecular weight is 353 g/mol. The van der Waals surface area contributed by atoms with Gasteiger partial charge in [0, 0.05) is 5.56 Å². The van der Waals surface area contributed by atoms with E-state index in [1.165, 1.54) is 20.4 Å². The van der Waals surface area contributed by atoms with Crippen molar-refractivity contribution in [3.05, 3.63) is 72.1 Å². The molecule has 1 aromatic heterocycles. The van der Waals surface area contributed by atoms with Crippen LogP contribution in [0.5, 0.6) is 5.75 Å². The molecule has 1 N–H and O–H groups in total. The molecule has 0 fully saturated rings. The van der Waals surface area contributed by atoms with Gasteiger partial charge in [0.25, 0.3) is 0 Å². The Hall–Kier alpha value is -3.12. The van der Waals surface area contributed by atoms with Crippen molar-refractivity contribution in [1.82, 2.24) is 4.98 Å². The number of methoxy groups -OCH3 is 2. The van der Waals surface area contributed by atoms with E-state index in [4.69, 9.17) is 13.9 Å². The van der Waals surface area contributed by atoms with Crippen molar-refractivity contribution in [3.63, 3.8) is 0 Å². The van der Waals surface area contributed by atoms with Gasteiger partial charge in [0.1, 0.15) is 11.5 Å². The summed E-state index contributed by atoms with van der Waals surface area (Å²) in [4.78, 5) is 16.6. The molecule has 134 valence electrons. The van der Waals surface area contributed by atoms with Crippen molar-refractivity contribution in [2.75, 3.05) is 14.2 Å². The molecule has 0 amide bonds. The van der Waals surface area contributed by atoms with Crippen LogP contribution >= 0.6 is 0 Å². The van der Waals surface area contributed by atoms with Crippen molar-refractivity contribution in [1.29, 1.82) is 0 Å². The minimum atomic E-state index is -1.92. The molecule has 0 saturated heterocycles. The first-order chi connectivity index (χ1) is 12.6. The second kappa shape index (κ2) is 7.41. The molecule has 1 atom stereocenters. The summed E-state index contributed by atoms with van der Waals surface area (Å²) in [6, 6.07) is 16.0. The Labute approximate surface area is 151 Å². The molecule has 6 nitrogen and oxygen atoms in total. The number of hydrogen-bond donors (Lipinski definition) is 1. The van der Waals surface area contributed by atoms with Gasteiger partial charge < -0.3 is 19.0 Å². The SMILES string of the molecule is COC(=O)[C@](O)(Cc1cnc(-c2ccccc2)o1)c1cccc(OC)c1. The quantitative estimate of drug-likeness (QED) is 0.686. The Morgan fingerprint density at radius 3 is 2.62 bits per heavy atom. The minimum Gasteiger partial charge on any atom is -0.497 e. The Bertz CT molecular complexity index is 890. The first-order valence-electron chi connectivity index (χ1n) is 8.02. The summed E-state index contributed by atoms with van der Waals surface area (Å²) in [6.45, 7) is 0. The molecule has 0 aliphatic carbocycles. The predicted molar refractivity (Wildman–Crippen MR) is 94.5 cm³/mol. The summed E-state index contributed by atoms with van der Waals surface area (Å²) in [5.74, 6) is 0.508. The molecule has 0 radical (unpaired) electrons. The highest BCUT2D eigenvalue weighted by Crippen LogP contribution is 2.31. The molecule has 3 aromatic rings. The summed E-state index contributed by atoms with van der Waals surface area (Å²) in [5, 5.41) is 11.1. The molecule has 0 aliphatic rings. The van der Waals surface area contributed by atoms with E-state index < -0.39 is 11.6 Å². The number of carbonyl (C=O) groups is 1. The van der Waals surface area contributed by atoms with Crippen LogP contribution in [-0.4, -0.2) is 30.3 Å². The Balaban J connectivity index is 1.94. The van der Waals surface area contributed by atoms with Gasteiger partial charge in [-0.1, -0.05) is 30.3 Å². The second-order valence-corrected chi connectivity index (χ2v) is 5.76. The lowest BCUT2D eigenvalue weighted by atomic mass is 9.89. The molecule has 0 spiro atoms. The van der Waals surface area contributed by atoms with E-state index in [-0.39, 0.29) is 6.42 Å². The van der Waals surface area contributed by atoms with Crippen molar-refractivity contribution in [2.45, 2.75) is 12.0 Å². The number of esters is 1. The Morgan fingerprint density at radius 1 is 1.15 bits per heavy atom. The number of aliphatic hydroxyl groups is 1. The third kappa shape index (κ3) is 3.45. The minimum absolute atomic E-state index is 0.118. The van der Waals surface area contributed by atoms with E-state index in [0.29, 0.717) is 23.0 Å². The van der Waals surface area contributed by atoms with E-state index in [1.807, 2.05) is 30.3 Å². The van der Waals surface area contributed by atoms with Gasteiger partial charge in [0.2, 0.25) is 5.89 Å². The molecule has 2 aromatic carbocycles. The molecule has 0 aliphatic heterocycles. The number of rotatable bonds is 6. The number of nitrogens with zero attached hydrogens (tertiary/aromatic N) is 1. The normalized spacial score (nSPS) is 13.0. The van der Waals surface area contributed by atoms with Gasteiger partial charge in [-0.15, -0.1) is 0 Å². The zero-order valence-corrected chi connectivity index (χ0v) is 14.5. The van der Waals surface area contributed by atoms with Crippen LogP contribution in [0.2, 0.25) is 0 Å². The van der Waals surface area contributed by atoms with E-state index in [9.17, 15) is 9.90 Å². The number of carbonyl (C=O) groups excluding carboxylic acids is 1. The van der Waals surface area contributed by atoms with Gasteiger partial charge in [-0.25, -0.2) is 9.78 Å². The van der Waals surface area contributed by atoms with Crippen molar-refractivity contribution in [2.24, 2.45) is 0 Å². The van der Waals surface area contributed by atoms with Crippen LogP contribution in [0.1, 0.15) is 11.3 Å². The second-order valence-electron chi connectivity index (χ2n) is 5.76. The third-order valence-electron chi connectivity index (χ3n) is 4.07. The highest BCUT2D eigenvalue weighted by molar-refractivity contribution is 5.81.